The van der Waals surface area contributed by atoms with Crippen LogP contribution in [-0.2, 0) is 19.2 Å². The second-order valence-corrected chi connectivity index (χ2v) is 5.96. The molecule has 9 heteroatoms. The number of carbonyl (C=O) groups excluding carboxylic acids is 2. The molecule has 0 radical (unpaired) electrons. The first-order valence-electron chi connectivity index (χ1n) is 7.59. The minimum Gasteiger partial charge on any atom is -0.481 e. The van der Waals surface area contributed by atoms with Crippen molar-refractivity contribution in [2.24, 2.45) is 10.9 Å². The SMILES string of the molecule is N=C(N)c1ccc(C2=NO[C@]3(CC(=O)N(CCC(=O)O)C3=O)C2)cc1. The van der Waals surface area contributed by atoms with E-state index in [1.807, 2.05) is 0 Å². The van der Waals surface area contributed by atoms with Crippen molar-refractivity contribution in [1.82, 2.24) is 4.90 Å². The summed E-state index contributed by atoms with van der Waals surface area (Å²) in [6.45, 7) is -0.180. The normalized spacial score (nSPS) is 22.2. The number of oxime groups is 1. The molecule has 3 rings (SSSR count). The average molecular weight is 344 g/mol. The molecule has 2 amide bonds. The van der Waals surface area contributed by atoms with Crippen LogP contribution in [0.25, 0.3) is 0 Å². The molecule has 2 heterocycles. The van der Waals surface area contributed by atoms with Gasteiger partial charge in [0, 0.05) is 18.5 Å². The second kappa shape index (κ2) is 6.00. The van der Waals surface area contributed by atoms with Gasteiger partial charge in [-0.2, -0.15) is 0 Å². The number of amidine groups is 1. The van der Waals surface area contributed by atoms with Crippen LogP contribution < -0.4 is 5.73 Å². The number of aliphatic carboxylic acids is 1. The van der Waals surface area contributed by atoms with Crippen LogP contribution in [0.1, 0.15) is 30.4 Å². The van der Waals surface area contributed by atoms with Crippen molar-refractivity contribution in [2.45, 2.75) is 24.9 Å². The van der Waals surface area contributed by atoms with E-state index in [0.29, 0.717) is 16.8 Å². The fourth-order valence-corrected chi connectivity index (χ4v) is 2.89. The van der Waals surface area contributed by atoms with E-state index in [9.17, 15) is 14.4 Å². The van der Waals surface area contributed by atoms with E-state index < -0.39 is 23.4 Å². The number of nitrogens with two attached hydrogens (primary N) is 1. The summed E-state index contributed by atoms with van der Waals surface area (Å²) < 4.78 is 0. The molecule has 0 aliphatic carbocycles. The highest BCUT2D eigenvalue weighted by molar-refractivity contribution is 6.13. The van der Waals surface area contributed by atoms with Gasteiger partial charge in [0.15, 0.2) is 0 Å². The summed E-state index contributed by atoms with van der Waals surface area (Å²) in [7, 11) is 0. The molecule has 2 aliphatic heterocycles. The molecule has 0 bridgehead atoms. The summed E-state index contributed by atoms with van der Waals surface area (Å²) in [4.78, 5) is 41.5. The molecule has 9 nitrogen and oxygen atoms in total. The second-order valence-electron chi connectivity index (χ2n) is 5.96. The number of rotatable bonds is 5. The van der Waals surface area contributed by atoms with Gasteiger partial charge >= 0.3 is 5.97 Å². The Labute approximate surface area is 142 Å². The number of benzene rings is 1. The number of amides is 2. The van der Waals surface area contributed by atoms with Crippen LogP contribution in [0.4, 0.5) is 0 Å². The van der Waals surface area contributed by atoms with Crippen molar-refractivity contribution in [3.8, 4) is 0 Å². The number of likely N-dealkylation sites (tertiary alicyclic amines) is 1. The predicted molar refractivity (Wildman–Crippen MR) is 86.0 cm³/mol. The molecule has 1 saturated heterocycles. The maximum absolute atomic E-state index is 12.5. The Balaban J connectivity index is 1.74. The summed E-state index contributed by atoms with van der Waals surface area (Å²) >= 11 is 0. The van der Waals surface area contributed by atoms with Crippen molar-refractivity contribution >= 4 is 29.3 Å². The van der Waals surface area contributed by atoms with Gasteiger partial charge < -0.3 is 15.7 Å². The molecule has 1 aromatic rings. The first-order chi connectivity index (χ1) is 11.8. The predicted octanol–water partition coefficient (Wildman–Crippen LogP) is 0.0675. The lowest BCUT2D eigenvalue weighted by Gasteiger charge is -2.18. The monoisotopic (exact) mass is 344 g/mol. The van der Waals surface area contributed by atoms with Crippen LogP contribution in [0.2, 0.25) is 0 Å². The quantitative estimate of drug-likeness (QED) is 0.391. The van der Waals surface area contributed by atoms with Crippen LogP contribution in [-0.4, -0.2) is 51.5 Å². The molecule has 1 atom stereocenters. The van der Waals surface area contributed by atoms with Crippen molar-refractivity contribution in [3.05, 3.63) is 35.4 Å². The molecule has 0 aromatic heterocycles. The number of carbonyl (C=O) groups is 3. The number of nitrogen functional groups attached to an aromatic ring is 1. The number of imide groups is 1. The van der Waals surface area contributed by atoms with Gasteiger partial charge in [0.2, 0.25) is 11.5 Å². The molecule has 1 aromatic carbocycles. The van der Waals surface area contributed by atoms with Gasteiger partial charge in [-0.3, -0.25) is 24.7 Å². The Bertz CT molecular complexity index is 801. The van der Waals surface area contributed by atoms with Gasteiger partial charge in [-0.25, -0.2) is 0 Å². The first-order valence-corrected chi connectivity index (χ1v) is 7.59. The number of carboxylic acid groups (broad SMARTS) is 1. The summed E-state index contributed by atoms with van der Waals surface area (Å²) in [6, 6.07) is 6.74. The summed E-state index contributed by atoms with van der Waals surface area (Å²) in [5.41, 5.74) is 5.80. The third kappa shape index (κ3) is 2.95. The topological polar surface area (TPSA) is 146 Å². The number of nitrogens with one attached hydrogen (secondary N) is 1. The van der Waals surface area contributed by atoms with Crippen LogP contribution >= 0.6 is 0 Å². The molecule has 0 saturated carbocycles. The number of hydrogen-bond acceptors (Lipinski definition) is 6. The van der Waals surface area contributed by atoms with E-state index >= 15 is 0 Å². The van der Waals surface area contributed by atoms with Crippen molar-refractivity contribution in [2.75, 3.05) is 6.54 Å². The van der Waals surface area contributed by atoms with Crippen molar-refractivity contribution < 1.29 is 24.3 Å². The Hall–Kier alpha value is -3.23. The standard InChI is InChI=1S/C16H16N4O5/c17-14(18)10-3-1-9(2-4-10)11-7-16(25-19-11)8-12(21)20(15(16)24)6-5-13(22)23/h1-4H,5-8H2,(H3,17,18)(H,22,23)/t16-/m0/s1. The highest BCUT2D eigenvalue weighted by Crippen LogP contribution is 2.37. The smallest absolute Gasteiger partial charge is 0.305 e. The lowest BCUT2D eigenvalue weighted by atomic mass is 9.92. The molecular weight excluding hydrogens is 328 g/mol. The van der Waals surface area contributed by atoms with E-state index in [-0.39, 0.29) is 31.6 Å². The zero-order chi connectivity index (χ0) is 18.2. The molecular formula is C16H16N4O5. The van der Waals surface area contributed by atoms with Gasteiger partial charge in [0.1, 0.15) is 5.84 Å². The number of nitrogens with zero attached hydrogens (tertiary/aromatic N) is 2. The van der Waals surface area contributed by atoms with E-state index in [0.717, 1.165) is 4.90 Å². The minimum atomic E-state index is -1.38. The third-order valence-electron chi connectivity index (χ3n) is 4.23. The number of carboxylic acids is 1. The Morgan fingerprint density at radius 3 is 2.60 bits per heavy atom. The average Bonchev–Trinajstić information content (AvgIpc) is 3.08. The van der Waals surface area contributed by atoms with Crippen LogP contribution in [0.5, 0.6) is 0 Å². The van der Waals surface area contributed by atoms with E-state index in [1.54, 1.807) is 24.3 Å². The fourth-order valence-electron chi connectivity index (χ4n) is 2.89. The highest BCUT2D eigenvalue weighted by Gasteiger charge is 2.57. The Kier molecular flexibility index (Phi) is 3.99. The molecule has 4 N–H and O–H groups in total. The molecule has 2 aliphatic rings. The summed E-state index contributed by atoms with van der Waals surface area (Å²) in [5, 5.41) is 20.1. The zero-order valence-corrected chi connectivity index (χ0v) is 13.2. The minimum absolute atomic E-state index is 0.0572. The largest absolute Gasteiger partial charge is 0.481 e. The number of hydrogen-bond donors (Lipinski definition) is 3. The first kappa shape index (κ1) is 16.6. The van der Waals surface area contributed by atoms with Crippen LogP contribution in [0.3, 0.4) is 0 Å². The van der Waals surface area contributed by atoms with Gasteiger partial charge in [-0.1, -0.05) is 29.4 Å². The third-order valence-corrected chi connectivity index (χ3v) is 4.23. The fraction of sp³-hybridized carbons (Fsp3) is 0.312. The van der Waals surface area contributed by atoms with Gasteiger partial charge in [0.25, 0.3) is 5.91 Å². The molecule has 25 heavy (non-hydrogen) atoms. The summed E-state index contributed by atoms with van der Waals surface area (Å²) in [5.74, 6) is -2.16. The highest BCUT2D eigenvalue weighted by atomic mass is 16.7. The Morgan fingerprint density at radius 2 is 2.00 bits per heavy atom. The zero-order valence-electron chi connectivity index (χ0n) is 13.2. The van der Waals surface area contributed by atoms with E-state index in [2.05, 4.69) is 5.16 Å². The Morgan fingerprint density at radius 1 is 1.32 bits per heavy atom. The van der Waals surface area contributed by atoms with Gasteiger partial charge in [-0.15, -0.1) is 0 Å². The molecule has 130 valence electrons. The molecule has 0 unspecified atom stereocenters. The van der Waals surface area contributed by atoms with E-state index in [4.69, 9.17) is 21.1 Å². The maximum atomic E-state index is 12.5. The van der Waals surface area contributed by atoms with Crippen LogP contribution in [0, 0.1) is 5.41 Å². The maximum Gasteiger partial charge on any atom is 0.305 e. The van der Waals surface area contributed by atoms with Crippen molar-refractivity contribution in [1.29, 1.82) is 5.41 Å². The van der Waals surface area contributed by atoms with Crippen LogP contribution in [0.15, 0.2) is 29.4 Å². The van der Waals surface area contributed by atoms with Crippen molar-refractivity contribution in [3.63, 3.8) is 0 Å². The summed E-state index contributed by atoms with van der Waals surface area (Å²) in [6.07, 6.45) is -0.349. The van der Waals surface area contributed by atoms with E-state index in [1.165, 1.54) is 0 Å². The van der Waals surface area contributed by atoms with Gasteiger partial charge in [0.05, 0.1) is 18.6 Å². The molecule has 1 fully saturated rings. The lowest BCUT2D eigenvalue weighted by Crippen LogP contribution is -2.41. The molecule has 1 spiro atoms. The lowest BCUT2D eigenvalue weighted by molar-refractivity contribution is -0.148. The van der Waals surface area contributed by atoms with Gasteiger partial charge in [-0.05, 0) is 5.56 Å².